The Balaban J connectivity index is 1.48. The minimum absolute atomic E-state index is 0.0313. The van der Waals surface area contributed by atoms with Crippen molar-refractivity contribution in [3.05, 3.63) is 71.3 Å². The zero-order valence-electron chi connectivity index (χ0n) is 14.7. The number of hydrogen-bond acceptors (Lipinski definition) is 3. The van der Waals surface area contributed by atoms with Gasteiger partial charge in [0.05, 0.1) is 17.7 Å². The molecule has 2 amide bonds. The summed E-state index contributed by atoms with van der Waals surface area (Å²) in [5.74, 6) is 0.270. The van der Waals surface area contributed by atoms with Crippen LogP contribution in [-0.4, -0.2) is 19.2 Å². The van der Waals surface area contributed by atoms with Gasteiger partial charge in [-0.1, -0.05) is 42.5 Å². The molecule has 5 nitrogen and oxygen atoms in total. The number of carbonyl (C=O) groups excluding carboxylic acids is 1. The van der Waals surface area contributed by atoms with Crippen molar-refractivity contribution in [2.24, 2.45) is 5.92 Å². The summed E-state index contributed by atoms with van der Waals surface area (Å²) in [4.78, 5) is 12.1. The number of urea groups is 1. The first-order valence-electron chi connectivity index (χ1n) is 8.93. The van der Waals surface area contributed by atoms with Crippen molar-refractivity contribution in [2.45, 2.75) is 25.5 Å². The average molecular weight is 349 g/mol. The first-order valence-corrected chi connectivity index (χ1v) is 8.93. The molecule has 0 aliphatic carbocycles. The number of carbonyl (C=O) groups is 1. The van der Waals surface area contributed by atoms with E-state index in [1.807, 2.05) is 30.3 Å². The van der Waals surface area contributed by atoms with Crippen molar-refractivity contribution in [2.75, 3.05) is 13.2 Å². The van der Waals surface area contributed by atoms with Crippen molar-refractivity contribution < 1.29 is 9.53 Å². The van der Waals surface area contributed by atoms with Crippen LogP contribution in [0.15, 0.2) is 54.6 Å². The lowest BCUT2D eigenvalue weighted by molar-refractivity contribution is -0.0269. The molecule has 1 fully saturated rings. The summed E-state index contributed by atoms with van der Waals surface area (Å²) in [6.07, 6.45) is 2.08. The molecular formula is C21H23N3O2. The Morgan fingerprint density at radius 3 is 2.62 bits per heavy atom. The van der Waals surface area contributed by atoms with Crippen LogP contribution in [0.3, 0.4) is 0 Å². The van der Waals surface area contributed by atoms with Gasteiger partial charge in [0, 0.05) is 25.6 Å². The van der Waals surface area contributed by atoms with E-state index >= 15 is 0 Å². The first-order chi connectivity index (χ1) is 12.8. The predicted molar refractivity (Wildman–Crippen MR) is 99.3 cm³/mol. The Morgan fingerprint density at radius 1 is 1.12 bits per heavy atom. The fraction of sp³-hybridized carbons (Fsp3) is 0.333. The number of hydrogen-bond donors (Lipinski definition) is 2. The van der Waals surface area contributed by atoms with Gasteiger partial charge in [-0.25, -0.2) is 4.79 Å². The van der Waals surface area contributed by atoms with Gasteiger partial charge in [0.1, 0.15) is 0 Å². The van der Waals surface area contributed by atoms with Crippen molar-refractivity contribution in [3.8, 4) is 6.07 Å². The molecular weight excluding hydrogens is 326 g/mol. The lowest BCUT2D eigenvalue weighted by Gasteiger charge is -2.32. The Labute approximate surface area is 154 Å². The van der Waals surface area contributed by atoms with Crippen LogP contribution >= 0.6 is 0 Å². The Kier molecular flexibility index (Phi) is 6.24. The van der Waals surface area contributed by atoms with Crippen LogP contribution in [0.5, 0.6) is 0 Å². The number of ether oxygens (including phenoxy) is 1. The van der Waals surface area contributed by atoms with Gasteiger partial charge < -0.3 is 15.4 Å². The van der Waals surface area contributed by atoms with Crippen molar-refractivity contribution in [1.82, 2.24) is 10.6 Å². The molecule has 5 heteroatoms. The molecule has 3 rings (SSSR count). The molecule has 26 heavy (non-hydrogen) atoms. The maximum Gasteiger partial charge on any atom is 0.315 e. The van der Waals surface area contributed by atoms with Gasteiger partial charge >= 0.3 is 6.03 Å². The third kappa shape index (κ3) is 4.84. The van der Waals surface area contributed by atoms with Crippen LogP contribution < -0.4 is 10.6 Å². The Morgan fingerprint density at radius 2 is 1.88 bits per heavy atom. The van der Waals surface area contributed by atoms with E-state index in [4.69, 9.17) is 10.00 Å². The smallest absolute Gasteiger partial charge is 0.315 e. The monoisotopic (exact) mass is 349 g/mol. The summed E-state index contributed by atoms with van der Waals surface area (Å²) in [7, 11) is 0. The molecule has 1 aliphatic heterocycles. The van der Waals surface area contributed by atoms with E-state index in [0.717, 1.165) is 30.6 Å². The number of nitriles is 1. The Hall–Kier alpha value is -2.84. The minimum Gasteiger partial charge on any atom is -0.373 e. The fourth-order valence-electron chi connectivity index (χ4n) is 3.23. The maximum absolute atomic E-state index is 12.1. The highest BCUT2D eigenvalue weighted by Crippen LogP contribution is 2.32. The van der Waals surface area contributed by atoms with Crippen LogP contribution in [0.1, 0.15) is 35.6 Å². The molecule has 0 radical (unpaired) electrons. The highest BCUT2D eigenvalue weighted by molar-refractivity contribution is 5.73. The Bertz CT molecular complexity index is 753. The minimum atomic E-state index is -0.188. The van der Waals surface area contributed by atoms with Gasteiger partial charge in [-0.05, 0) is 36.1 Å². The summed E-state index contributed by atoms with van der Waals surface area (Å²) >= 11 is 0. The van der Waals surface area contributed by atoms with Crippen LogP contribution in [0, 0.1) is 17.2 Å². The third-order valence-corrected chi connectivity index (χ3v) is 4.63. The van der Waals surface area contributed by atoms with Gasteiger partial charge in [-0.15, -0.1) is 0 Å². The van der Waals surface area contributed by atoms with E-state index < -0.39 is 0 Å². The lowest BCUT2D eigenvalue weighted by Crippen LogP contribution is -2.40. The maximum atomic E-state index is 12.1. The number of amides is 2. The molecule has 1 heterocycles. The van der Waals surface area contributed by atoms with Crippen molar-refractivity contribution >= 4 is 6.03 Å². The molecule has 2 atom stereocenters. The second-order valence-corrected chi connectivity index (χ2v) is 6.48. The molecule has 2 aromatic rings. The molecule has 0 saturated carbocycles. The SMILES string of the molecule is N#Cc1ccc(CNC(=O)NCC2CCCOC2c2ccccc2)cc1. The van der Waals surface area contributed by atoms with Crippen molar-refractivity contribution in [1.29, 1.82) is 5.26 Å². The van der Waals surface area contributed by atoms with Gasteiger partial charge in [-0.3, -0.25) is 0 Å². The quantitative estimate of drug-likeness (QED) is 0.867. The normalized spacial score (nSPS) is 19.3. The fourth-order valence-corrected chi connectivity index (χ4v) is 3.23. The third-order valence-electron chi connectivity index (χ3n) is 4.63. The highest BCUT2D eigenvalue weighted by Gasteiger charge is 2.27. The molecule has 1 saturated heterocycles. The van der Waals surface area contributed by atoms with Crippen LogP contribution in [0.2, 0.25) is 0 Å². The van der Waals surface area contributed by atoms with E-state index in [9.17, 15) is 4.79 Å². The zero-order chi connectivity index (χ0) is 18.2. The molecule has 2 N–H and O–H groups in total. The number of rotatable bonds is 5. The molecule has 2 aromatic carbocycles. The standard InChI is InChI=1S/C21H23N3O2/c22-13-16-8-10-17(11-9-16)14-23-21(25)24-15-19-7-4-12-26-20(19)18-5-2-1-3-6-18/h1-3,5-6,8-11,19-20H,4,7,12,14-15H2,(H2,23,24,25). The second kappa shape index (κ2) is 9.02. The summed E-state index contributed by atoms with van der Waals surface area (Å²) in [5, 5.41) is 14.6. The molecule has 2 unspecified atom stereocenters. The van der Waals surface area contributed by atoms with E-state index in [-0.39, 0.29) is 18.1 Å². The molecule has 0 spiro atoms. The largest absolute Gasteiger partial charge is 0.373 e. The average Bonchev–Trinajstić information content (AvgIpc) is 2.72. The molecule has 134 valence electrons. The van der Waals surface area contributed by atoms with Gasteiger partial charge in [0.25, 0.3) is 0 Å². The van der Waals surface area contributed by atoms with E-state index in [1.165, 1.54) is 0 Å². The molecule has 0 aromatic heterocycles. The highest BCUT2D eigenvalue weighted by atomic mass is 16.5. The summed E-state index contributed by atoms with van der Waals surface area (Å²) in [5.41, 5.74) is 2.74. The predicted octanol–water partition coefficient (Wildman–Crippen LogP) is 3.53. The zero-order valence-corrected chi connectivity index (χ0v) is 14.7. The second-order valence-electron chi connectivity index (χ2n) is 6.48. The first kappa shape index (κ1) is 18.0. The number of nitrogens with zero attached hydrogens (tertiary/aromatic N) is 1. The van der Waals surface area contributed by atoms with E-state index in [1.54, 1.807) is 12.1 Å². The lowest BCUT2D eigenvalue weighted by atomic mass is 9.89. The van der Waals surface area contributed by atoms with Crippen LogP contribution in [0.4, 0.5) is 4.79 Å². The van der Waals surface area contributed by atoms with Gasteiger partial charge in [0.15, 0.2) is 0 Å². The van der Waals surface area contributed by atoms with Crippen LogP contribution in [-0.2, 0) is 11.3 Å². The topological polar surface area (TPSA) is 74.2 Å². The number of nitrogens with one attached hydrogen (secondary N) is 2. The van der Waals surface area contributed by atoms with E-state index in [0.29, 0.717) is 18.7 Å². The summed E-state index contributed by atoms with van der Waals surface area (Å²) < 4.78 is 5.96. The summed E-state index contributed by atoms with van der Waals surface area (Å²) in [6, 6.07) is 19.3. The van der Waals surface area contributed by atoms with Crippen LogP contribution in [0.25, 0.3) is 0 Å². The molecule has 0 bridgehead atoms. The number of benzene rings is 2. The summed E-state index contributed by atoms with van der Waals surface area (Å²) in [6.45, 7) is 1.78. The molecule has 1 aliphatic rings. The van der Waals surface area contributed by atoms with Gasteiger partial charge in [-0.2, -0.15) is 5.26 Å². The van der Waals surface area contributed by atoms with Crippen molar-refractivity contribution in [3.63, 3.8) is 0 Å². The van der Waals surface area contributed by atoms with E-state index in [2.05, 4.69) is 28.8 Å². The van der Waals surface area contributed by atoms with Gasteiger partial charge in [0.2, 0.25) is 0 Å².